The second-order valence-corrected chi connectivity index (χ2v) is 1.86. The lowest BCUT2D eigenvalue weighted by atomic mass is 10.2. The number of aliphatic hydroxyl groups is 1. The van der Waals surface area contributed by atoms with Gasteiger partial charge in [0.2, 0.25) is 0 Å². The summed E-state index contributed by atoms with van der Waals surface area (Å²) >= 11 is 0. The van der Waals surface area contributed by atoms with Gasteiger partial charge in [0.1, 0.15) is 0 Å². The first-order valence-corrected chi connectivity index (χ1v) is 2.83. The topological polar surface area (TPSA) is 94.8 Å². The van der Waals surface area contributed by atoms with Gasteiger partial charge in [0.05, 0.1) is 12.5 Å². The van der Waals surface area contributed by atoms with Crippen molar-refractivity contribution in [2.45, 2.75) is 12.5 Å². The largest absolute Gasteiger partial charge is 0.481 e. The highest BCUT2D eigenvalue weighted by atomic mass is 16.4. The molecule has 0 amide bonds. The van der Waals surface area contributed by atoms with E-state index in [1.807, 2.05) is 0 Å². The zero-order valence-electron chi connectivity index (χ0n) is 5.60. The highest BCUT2D eigenvalue weighted by Crippen LogP contribution is 1.92. The molecule has 62 valence electrons. The van der Waals surface area contributed by atoms with Crippen LogP contribution in [-0.4, -0.2) is 33.4 Å². The van der Waals surface area contributed by atoms with Crippen molar-refractivity contribution in [3.05, 3.63) is 12.2 Å². The summed E-state index contributed by atoms with van der Waals surface area (Å²) < 4.78 is 0. The van der Waals surface area contributed by atoms with Gasteiger partial charge >= 0.3 is 11.9 Å². The van der Waals surface area contributed by atoms with Crippen molar-refractivity contribution in [3.63, 3.8) is 0 Å². The molecule has 0 fully saturated rings. The summed E-state index contributed by atoms with van der Waals surface area (Å²) in [4.78, 5) is 19.8. The average molecular weight is 160 g/mol. The first-order valence-electron chi connectivity index (χ1n) is 2.83. The summed E-state index contributed by atoms with van der Waals surface area (Å²) in [5, 5.41) is 24.9. The number of hydrogen-bond donors (Lipinski definition) is 3. The Hall–Kier alpha value is -1.36. The van der Waals surface area contributed by atoms with Crippen LogP contribution < -0.4 is 0 Å². The minimum absolute atomic E-state index is 0.482. The van der Waals surface area contributed by atoms with Gasteiger partial charge in [-0.15, -0.1) is 0 Å². The fourth-order valence-corrected chi connectivity index (χ4v) is 0.440. The molecule has 11 heavy (non-hydrogen) atoms. The molecule has 0 heterocycles. The Morgan fingerprint density at radius 2 is 1.91 bits per heavy atom. The van der Waals surface area contributed by atoms with Crippen molar-refractivity contribution < 1.29 is 24.9 Å². The minimum atomic E-state index is -1.23. The number of carboxylic acid groups (broad SMARTS) is 2. The van der Waals surface area contributed by atoms with Gasteiger partial charge in [-0.25, -0.2) is 4.79 Å². The molecule has 1 atom stereocenters. The fraction of sp³-hybridized carbons (Fsp3) is 0.333. The van der Waals surface area contributed by atoms with Crippen molar-refractivity contribution in [2.75, 3.05) is 0 Å². The number of aliphatic hydroxyl groups excluding tert-OH is 1. The number of carbonyl (C=O) groups is 2. The molecule has 0 aromatic rings. The number of hydrogen-bond acceptors (Lipinski definition) is 3. The maximum Gasteiger partial charge on any atom is 0.328 e. The molecule has 0 rings (SSSR count). The molecule has 0 aromatic carbocycles. The highest BCUT2D eigenvalue weighted by Gasteiger charge is 2.04. The molecule has 0 saturated carbocycles. The SMILES string of the molecule is O=C(O)/C=C/C(O)CC(=O)O. The van der Waals surface area contributed by atoms with Crippen molar-refractivity contribution in [3.8, 4) is 0 Å². The van der Waals surface area contributed by atoms with Crippen LogP contribution >= 0.6 is 0 Å². The quantitative estimate of drug-likeness (QED) is 0.480. The van der Waals surface area contributed by atoms with Crippen molar-refractivity contribution in [1.82, 2.24) is 0 Å². The van der Waals surface area contributed by atoms with Gasteiger partial charge in [-0.2, -0.15) is 0 Å². The predicted octanol–water partition coefficient (Wildman–Crippen LogP) is -0.537. The monoisotopic (exact) mass is 160 g/mol. The summed E-state index contributed by atoms with van der Waals surface area (Å²) in [6.07, 6.45) is -0.100. The zero-order chi connectivity index (χ0) is 8.85. The first-order chi connectivity index (χ1) is 5.02. The van der Waals surface area contributed by atoms with Crippen LogP contribution in [0.25, 0.3) is 0 Å². The van der Waals surface area contributed by atoms with Crippen molar-refractivity contribution >= 4 is 11.9 Å². The van der Waals surface area contributed by atoms with Crippen molar-refractivity contribution in [2.24, 2.45) is 0 Å². The van der Waals surface area contributed by atoms with Gasteiger partial charge in [0.15, 0.2) is 0 Å². The Balaban J connectivity index is 3.77. The molecule has 3 N–H and O–H groups in total. The summed E-state index contributed by atoms with van der Waals surface area (Å²) in [7, 11) is 0. The molecule has 5 nitrogen and oxygen atoms in total. The lowest BCUT2D eigenvalue weighted by Gasteiger charge is -1.97. The molecular formula is C6H8O5. The third-order valence-electron chi connectivity index (χ3n) is 0.845. The van der Waals surface area contributed by atoms with Crippen molar-refractivity contribution in [1.29, 1.82) is 0 Å². The number of rotatable bonds is 4. The minimum Gasteiger partial charge on any atom is -0.481 e. The van der Waals surface area contributed by atoms with Gasteiger partial charge in [0, 0.05) is 6.08 Å². The van der Waals surface area contributed by atoms with E-state index in [2.05, 4.69) is 0 Å². The van der Waals surface area contributed by atoms with Gasteiger partial charge in [-0.3, -0.25) is 4.79 Å². The number of carboxylic acids is 2. The van der Waals surface area contributed by atoms with Gasteiger partial charge in [-0.1, -0.05) is 0 Å². The maximum atomic E-state index is 9.91. The second-order valence-electron chi connectivity index (χ2n) is 1.86. The fourth-order valence-electron chi connectivity index (χ4n) is 0.440. The smallest absolute Gasteiger partial charge is 0.328 e. The van der Waals surface area contributed by atoms with Crippen LogP contribution in [-0.2, 0) is 9.59 Å². The van der Waals surface area contributed by atoms with E-state index in [1.54, 1.807) is 0 Å². The van der Waals surface area contributed by atoms with Crippen LogP contribution in [0.5, 0.6) is 0 Å². The lowest BCUT2D eigenvalue weighted by molar-refractivity contribution is -0.138. The molecule has 0 aliphatic rings. The number of aliphatic carboxylic acids is 2. The maximum absolute atomic E-state index is 9.91. The molecule has 0 saturated heterocycles. The van der Waals surface area contributed by atoms with E-state index in [9.17, 15) is 9.59 Å². The molecule has 0 spiro atoms. The van der Waals surface area contributed by atoms with Crippen LogP contribution in [0.1, 0.15) is 6.42 Å². The van der Waals surface area contributed by atoms with Gasteiger partial charge in [-0.05, 0) is 6.08 Å². The Kier molecular flexibility index (Phi) is 3.90. The molecule has 0 aliphatic heterocycles. The van der Waals surface area contributed by atoms with Gasteiger partial charge in [0.25, 0.3) is 0 Å². The molecule has 0 aliphatic carbocycles. The van der Waals surface area contributed by atoms with E-state index in [0.717, 1.165) is 6.08 Å². The molecule has 5 heteroatoms. The standard InChI is InChI=1S/C6H8O5/c7-4(3-6(10)11)1-2-5(8)9/h1-2,4,7H,3H2,(H,8,9)(H,10,11)/b2-1+. The van der Waals surface area contributed by atoms with E-state index in [4.69, 9.17) is 15.3 Å². The Bertz CT molecular complexity index is 183. The zero-order valence-corrected chi connectivity index (χ0v) is 5.60. The Morgan fingerprint density at radius 1 is 1.36 bits per heavy atom. The summed E-state index contributed by atoms with van der Waals surface area (Å²) in [6, 6.07) is 0. The van der Waals surface area contributed by atoms with E-state index in [-0.39, 0.29) is 0 Å². The third kappa shape index (κ3) is 6.53. The molecular weight excluding hydrogens is 152 g/mol. The van der Waals surface area contributed by atoms with E-state index < -0.39 is 24.5 Å². The third-order valence-corrected chi connectivity index (χ3v) is 0.845. The lowest BCUT2D eigenvalue weighted by Crippen LogP contribution is -2.10. The molecule has 0 radical (unpaired) electrons. The van der Waals surface area contributed by atoms with E-state index in [1.165, 1.54) is 0 Å². The second kappa shape index (κ2) is 4.45. The van der Waals surface area contributed by atoms with E-state index in [0.29, 0.717) is 6.08 Å². The average Bonchev–Trinajstić information content (AvgIpc) is 1.82. The molecule has 1 unspecified atom stereocenters. The van der Waals surface area contributed by atoms with Crippen LogP contribution in [0.2, 0.25) is 0 Å². The molecule has 0 aromatic heterocycles. The predicted molar refractivity (Wildman–Crippen MR) is 35.0 cm³/mol. The Labute approximate surface area is 62.6 Å². The summed E-state index contributed by atoms with van der Waals surface area (Å²) in [6.45, 7) is 0. The van der Waals surface area contributed by atoms with Crippen LogP contribution in [0.15, 0.2) is 12.2 Å². The Morgan fingerprint density at radius 3 is 2.27 bits per heavy atom. The van der Waals surface area contributed by atoms with E-state index >= 15 is 0 Å². The van der Waals surface area contributed by atoms with Gasteiger partial charge < -0.3 is 15.3 Å². The van der Waals surface area contributed by atoms with Crippen LogP contribution in [0.4, 0.5) is 0 Å². The molecule has 0 bridgehead atoms. The highest BCUT2D eigenvalue weighted by molar-refractivity contribution is 5.80. The summed E-state index contributed by atoms with van der Waals surface area (Å²) in [5.74, 6) is -2.39. The first kappa shape index (κ1) is 9.64. The van der Waals surface area contributed by atoms with Crippen LogP contribution in [0.3, 0.4) is 0 Å². The summed E-state index contributed by atoms with van der Waals surface area (Å²) in [5.41, 5.74) is 0. The normalized spacial score (nSPS) is 13.2. The van der Waals surface area contributed by atoms with Crippen LogP contribution in [0, 0.1) is 0 Å².